The molecular formula is C18H15BrN2O2S. The second kappa shape index (κ2) is 6.75. The smallest absolute Gasteiger partial charge is 0.200 e. The number of halogens is 1. The fourth-order valence-electron chi connectivity index (χ4n) is 2.27. The third-order valence-corrected chi connectivity index (χ3v) is 5.38. The molecule has 0 spiro atoms. The van der Waals surface area contributed by atoms with E-state index in [2.05, 4.69) is 25.9 Å². The maximum absolute atomic E-state index is 12.3. The topological polar surface area (TPSA) is 58.5 Å². The lowest BCUT2D eigenvalue weighted by Crippen LogP contribution is -2.19. The largest absolute Gasteiger partial charge is 0.276 e. The molecule has 0 saturated heterocycles. The fourth-order valence-corrected chi connectivity index (χ4v) is 3.40. The number of nitrogens with one attached hydrogen (secondary N) is 1. The zero-order valence-corrected chi connectivity index (χ0v) is 15.3. The molecule has 0 atom stereocenters. The van der Waals surface area contributed by atoms with Crippen molar-refractivity contribution >= 4 is 42.4 Å². The van der Waals surface area contributed by atoms with E-state index in [0.717, 1.165) is 20.8 Å². The molecule has 0 aromatic heterocycles. The number of rotatable bonds is 4. The van der Waals surface area contributed by atoms with Gasteiger partial charge in [0, 0.05) is 4.47 Å². The van der Waals surface area contributed by atoms with Gasteiger partial charge in [-0.2, -0.15) is 18.4 Å². The van der Waals surface area contributed by atoms with Gasteiger partial charge in [-0.1, -0.05) is 52.3 Å². The Kier molecular flexibility index (Phi) is 4.69. The van der Waals surface area contributed by atoms with Crippen LogP contribution in [0.1, 0.15) is 12.5 Å². The molecule has 3 rings (SSSR count). The van der Waals surface area contributed by atoms with Gasteiger partial charge in [-0.3, -0.25) is 0 Å². The quantitative estimate of drug-likeness (QED) is 0.522. The molecule has 0 aliphatic heterocycles. The predicted octanol–water partition coefficient (Wildman–Crippen LogP) is 4.30. The van der Waals surface area contributed by atoms with Crippen LogP contribution in [0.25, 0.3) is 10.8 Å². The van der Waals surface area contributed by atoms with Crippen LogP contribution in [-0.2, 0) is 10.0 Å². The Labute approximate surface area is 149 Å². The lowest BCUT2D eigenvalue weighted by Gasteiger charge is -2.06. The third-order valence-electron chi connectivity index (χ3n) is 3.62. The number of hydrogen-bond acceptors (Lipinski definition) is 3. The van der Waals surface area contributed by atoms with Crippen molar-refractivity contribution < 1.29 is 8.42 Å². The number of fused-ring (bicyclic) bond motifs is 1. The summed E-state index contributed by atoms with van der Waals surface area (Å²) in [5.74, 6) is 0. The lowest BCUT2D eigenvalue weighted by atomic mass is 10.0. The molecule has 24 heavy (non-hydrogen) atoms. The minimum absolute atomic E-state index is 0.167. The van der Waals surface area contributed by atoms with Crippen LogP contribution in [0.3, 0.4) is 0 Å². The highest BCUT2D eigenvalue weighted by atomic mass is 79.9. The highest BCUT2D eigenvalue weighted by molar-refractivity contribution is 9.10. The van der Waals surface area contributed by atoms with E-state index in [4.69, 9.17) is 0 Å². The number of hydrogen-bond donors (Lipinski definition) is 1. The summed E-state index contributed by atoms with van der Waals surface area (Å²) < 4.78 is 25.3. The number of nitrogens with zero attached hydrogens (tertiary/aromatic N) is 1. The molecule has 3 aromatic carbocycles. The second-order valence-corrected chi connectivity index (χ2v) is 7.88. The van der Waals surface area contributed by atoms with E-state index in [0.29, 0.717) is 5.71 Å². The van der Waals surface area contributed by atoms with Crippen molar-refractivity contribution in [1.82, 2.24) is 4.83 Å². The average molecular weight is 403 g/mol. The Balaban J connectivity index is 1.85. The summed E-state index contributed by atoms with van der Waals surface area (Å²) >= 11 is 3.28. The molecule has 0 saturated carbocycles. The molecule has 4 nitrogen and oxygen atoms in total. The number of sulfonamides is 1. The van der Waals surface area contributed by atoms with Gasteiger partial charge >= 0.3 is 0 Å². The first-order valence-corrected chi connectivity index (χ1v) is 9.54. The van der Waals surface area contributed by atoms with E-state index in [1.54, 1.807) is 19.1 Å². The minimum atomic E-state index is -3.68. The summed E-state index contributed by atoms with van der Waals surface area (Å²) in [7, 11) is -3.68. The molecule has 0 radical (unpaired) electrons. The summed E-state index contributed by atoms with van der Waals surface area (Å²) in [5.41, 5.74) is 1.47. The summed E-state index contributed by atoms with van der Waals surface area (Å²) in [6.45, 7) is 1.77. The van der Waals surface area contributed by atoms with Gasteiger partial charge in [0.2, 0.25) is 0 Å². The van der Waals surface area contributed by atoms with Gasteiger partial charge in [0.15, 0.2) is 0 Å². The van der Waals surface area contributed by atoms with Gasteiger partial charge in [0.1, 0.15) is 0 Å². The molecule has 0 amide bonds. The number of hydrazone groups is 1. The van der Waals surface area contributed by atoms with Gasteiger partial charge in [-0.05, 0) is 53.6 Å². The lowest BCUT2D eigenvalue weighted by molar-refractivity contribution is 0.584. The Bertz CT molecular complexity index is 1010. The summed E-state index contributed by atoms with van der Waals surface area (Å²) in [6, 6.07) is 20.3. The van der Waals surface area contributed by atoms with Gasteiger partial charge in [-0.15, -0.1) is 0 Å². The molecule has 0 bridgehead atoms. The van der Waals surface area contributed by atoms with Crippen LogP contribution in [-0.4, -0.2) is 14.1 Å². The van der Waals surface area contributed by atoms with Gasteiger partial charge in [-0.25, -0.2) is 0 Å². The summed E-state index contributed by atoms with van der Waals surface area (Å²) in [5, 5.41) is 6.25. The van der Waals surface area contributed by atoms with Crippen molar-refractivity contribution in [2.45, 2.75) is 11.8 Å². The van der Waals surface area contributed by atoms with E-state index >= 15 is 0 Å². The van der Waals surface area contributed by atoms with E-state index in [-0.39, 0.29) is 4.90 Å². The molecule has 122 valence electrons. The van der Waals surface area contributed by atoms with Crippen molar-refractivity contribution in [2.24, 2.45) is 5.10 Å². The fraction of sp³-hybridized carbons (Fsp3) is 0.0556. The van der Waals surface area contributed by atoms with Gasteiger partial charge in [0.05, 0.1) is 10.6 Å². The van der Waals surface area contributed by atoms with E-state index in [1.165, 1.54) is 12.1 Å². The molecule has 0 aliphatic carbocycles. The molecule has 0 fully saturated rings. The van der Waals surface area contributed by atoms with Gasteiger partial charge < -0.3 is 0 Å². The van der Waals surface area contributed by atoms with Crippen LogP contribution in [0, 0.1) is 0 Å². The second-order valence-electron chi connectivity index (χ2n) is 5.31. The van der Waals surface area contributed by atoms with E-state index in [1.807, 2.05) is 42.5 Å². The maximum Gasteiger partial charge on any atom is 0.276 e. The summed E-state index contributed by atoms with van der Waals surface area (Å²) in [6.07, 6.45) is 0. The van der Waals surface area contributed by atoms with Crippen molar-refractivity contribution in [3.63, 3.8) is 0 Å². The zero-order chi connectivity index (χ0) is 17.2. The third kappa shape index (κ3) is 3.66. The monoisotopic (exact) mass is 402 g/mol. The normalized spacial score (nSPS) is 12.3. The van der Waals surface area contributed by atoms with Crippen LogP contribution in [0.2, 0.25) is 0 Å². The highest BCUT2D eigenvalue weighted by Crippen LogP contribution is 2.17. The Morgan fingerprint density at radius 2 is 1.62 bits per heavy atom. The molecule has 0 aliphatic rings. The molecule has 0 unspecified atom stereocenters. The minimum Gasteiger partial charge on any atom is -0.200 e. The van der Waals surface area contributed by atoms with Crippen LogP contribution >= 0.6 is 15.9 Å². The first-order chi connectivity index (χ1) is 11.5. The SMILES string of the molecule is CC(=NNS(=O)(=O)c1ccc(Br)cc1)c1ccc2ccccc2c1. The Hall–Kier alpha value is -2.18. The molecule has 1 N–H and O–H groups in total. The van der Waals surface area contributed by atoms with Crippen LogP contribution < -0.4 is 4.83 Å². The van der Waals surface area contributed by atoms with Crippen molar-refractivity contribution in [3.05, 3.63) is 76.8 Å². The van der Waals surface area contributed by atoms with E-state index in [9.17, 15) is 8.42 Å². The molecular weight excluding hydrogens is 388 g/mol. The highest BCUT2D eigenvalue weighted by Gasteiger charge is 2.12. The van der Waals surface area contributed by atoms with Crippen LogP contribution in [0.4, 0.5) is 0 Å². The molecule has 0 heterocycles. The first kappa shape index (κ1) is 16.7. The first-order valence-electron chi connectivity index (χ1n) is 7.26. The van der Waals surface area contributed by atoms with E-state index < -0.39 is 10.0 Å². The standard InChI is InChI=1S/C18H15BrN2O2S/c1-13(15-7-6-14-4-2-3-5-16(14)12-15)20-21-24(22,23)18-10-8-17(19)9-11-18/h2-12,21H,1H3. The average Bonchev–Trinajstić information content (AvgIpc) is 2.59. The van der Waals surface area contributed by atoms with Crippen molar-refractivity contribution in [3.8, 4) is 0 Å². The zero-order valence-electron chi connectivity index (χ0n) is 12.9. The van der Waals surface area contributed by atoms with Crippen LogP contribution in [0.15, 0.2) is 81.2 Å². The van der Waals surface area contributed by atoms with Crippen molar-refractivity contribution in [1.29, 1.82) is 0 Å². The van der Waals surface area contributed by atoms with Crippen LogP contribution in [0.5, 0.6) is 0 Å². The molecule has 6 heteroatoms. The maximum atomic E-state index is 12.3. The Morgan fingerprint density at radius 1 is 0.958 bits per heavy atom. The van der Waals surface area contributed by atoms with Gasteiger partial charge in [0.25, 0.3) is 10.0 Å². The Morgan fingerprint density at radius 3 is 2.33 bits per heavy atom. The summed E-state index contributed by atoms with van der Waals surface area (Å²) in [4.78, 5) is 2.45. The molecule has 3 aromatic rings. The number of benzene rings is 3. The predicted molar refractivity (Wildman–Crippen MR) is 101 cm³/mol. The van der Waals surface area contributed by atoms with Crippen molar-refractivity contribution in [2.75, 3.05) is 0 Å².